The average molecular weight is 386 g/mol. The zero-order chi connectivity index (χ0) is 11.2. The highest BCUT2D eigenvalue weighted by Crippen LogP contribution is 2.31. The van der Waals surface area contributed by atoms with E-state index in [1.54, 1.807) is 10.6 Å². The standard InChI is InChI=1S/C10H7BrF2IN/c1-2-15-4-7(14)5-3-6(11)8(12)9(13)10(5)15/h3-4H,2H2,1H3. The van der Waals surface area contributed by atoms with Gasteiger partial charge in [0.25, 0.3) is 0 Å². The number of halogens is 4. The Kier molecular flexibility index (Phi) is 3.03. The van der Waals surface area contributed by atoms with E-state index < -0.39 is 11.6 Å². The van der Waals surface area contributed by atoms with Gasteiger partial charge in [0.2, 0.25) is 0 Å². The van der Waals surface area contributed by atoms with Crippen molar-refractivity contribution in [2.75, 3.05) is 0 Å². The summed E-state index contributed by atoms with van der Waals surface area (Å²) in [6.45, 7) is 2.52. The largest absolute Gasteiger partial charge is 0.344 e. The number of aromatic nitrogens is 1. The lowest BCUT2D eigenvalue weighted by Gasteiger charge is -2.03. The fourth-order valence-electron chi connectivity index (χ4n) is 1.57. The van der Waals surface area contributed by atoms with Gasteiger partial charge in [-0.2, -0.15) is 0 Å². The lowest BCUT2D eigenvalue weighted by molar-refractivity contribution is 0.507. The fraction of sp³-hybridized carbons (Fsp3) is 0.200. The Morgan fingerprint density at radius 1 is 1.40 bits per heavy atom. The molecule has 0 atom stereocenters. The van der Waals surface area contributed by atoms with Gasteiger partial charge in [-0.15, -0.1) is 0 Å². The molecule has 0 bridgehead atoms. The number of benzene rings is 1. The predicted octanol–water partition coefficient (Wildman–Crippen LogP) is 4.31. The maximum absolute atomic E-state index is 13.7. The molecular formula is C10H7BrF2IN. The summed E-state index contributed by atoms with van der Waals surface area (Å²) in [5.41, 5.74) is 0.336. The van der Waals surface area contributed by atoms with Crippen molar-refractivity contribution in [3.05, 3.63) is 31.9 Å². The Balaban J connectivity index is 2.95. The molecule has 0 saturated carbocycles. The summed E-state index contributed by atoms with van der Waals surface area (Å²) in [6, 6.07) is 1.61. The maximum Gasteiger partial charge on any atom is 0.184 e. The fourth-order valence-corrected chi connectivity index (χ4v) is 2.72. The van der Waals surface area contributed by atoms with Crippen molar-refractivity contribution >= 4 is 49.4 Å². The molecule has 80 valence electrons. The first-order valence-electron chi connectivity index (χ1n) is 4.38. The second kappa shape index (κ2) is 4.01. The third-order valence-corrected chi connectivity index (χ3v) is 3.73. The quantitative estimate of drug-likeness (QED) is 0.509. The van der Waals surface area contributed by atoms with Crippen LogP contribution in [-0.4, -0.2) is 4.57 Å². The van der Waals surface area contributed by atoms with Crippen molar-refractivity contribution in [1.82, 2.24) is 4.57 Å². The highest BCUT2D eigenvalue weighted by Gasteiger charge is 2.17. The van der Waals surface area contributed by atoms with Gasteiger partial charge in [0.1, 0.15) is 0 Å². The van der Waals surface area contributed by atoms with Gasteiger partial charge < -0.3 is 4.57 Å². The third kappa shape index (κ3) is 1.69. The summed E-state index contributed by atoms with van der Waals surface area (Å²) in [7, 11) is 0. The zero-order valence-corrected chi connectivity index (χ0v) is 11.6. The van der Waals surface area contributed by atoms with Crippen LogP contribution in [0.4, 0.5) is 8.78 Å². The minimum Gasteiger partial charge on any atom is -0.344 e. The number of aryl methyl sites for hydroxylation is 1. The summed E-state index contributed by atoms with van der Waals surface area (Å²) in [5.74, 6) is -1.61. The van der Waals surface area contributed by atoms with E-state index >= 15 is 0 Å². The molecule has 0 saturated heterocycles. The third-order valence-electron chi connectivity index (χ3n) is 2.29. The van der Waals surface area contributed by atoms with E-state index in [1.165, 1.54) is 0 Å². The highest BCUT2D eigenvalue weighted by molar-refractivity contribution is 14.1. The van der Waals surface area contributed by atoms with Crippen molar-refractivity contribution in [3.8, 4) is 0 Å². The summed E-state index contributed by atoms with van der Waals surface area (Å²) in [6.07, 6.45) is 1.82. The number of nitrogens with zero attached hydrogens (tertiary/aromatic N) is 1. The molecule has 1 aromatic carbocycles. The Morgan fingerprint density at radius 3 is 2.67 bits per heavy atom. The van der Waals surface area contributed by atoms with Crippen molar-refractivity contribution < 1.29 is 8.78 Å². The van der Waals surface area contributed by atoms with E-state index in [1.807, 2.05) is 13.1 Å². The van der Waals surface area contributed by atoms with Crippen molar-refractivity contribution in [1.29, 1.82) is 0 Å². The average Bonchev–Trinajstić information content (AvgIpc) is 2.52. The molecule has 5 heteroatoms. The van der Waals surface area contributed by atoms with Crippen LogP contribution in [0.15, 0.2) is 16.7 Å². The van der Waals surface area contributed by atoms with Crippen molar-refractivity contribution in [2.24, 2.45) is 0 Å². The summed E-state index contributed by atoms with van der Waals surface area (Å²) >= 11 is 5.12. The van der Waals surface area contributed by atoms with Gasteiger partial charge in [-0.1, -0.05) is 0 Å². The number of hydrogen-bond donors (Lipinski definition) is 0. The van der Waals surface area contributed by atoms with Gasteiger partial charge in [-0.3, -0.25) is 0 Å². The SMILES string of the molecule is CCn1cc(I)c2cc(Br)c(F)c(F)c21. The predicted molar refractivity (Wildman–Crippen MR) is 67.9 cm³/mol. The molecule has 0 N–H and O–H groups in total. The van der Waals surface area contributed by atoms with Crippen molar-refractivity contribution in [2.45, 2.75) is 13.5 Å². The second-order valence-corrected chi connectivity index (χ2v) is 5.16. The van der Waals surface area contributed by atoms with Crippen LogP contribution in [0.2, 0.25) is 0 Å². The molecule has 0 unspecified atom stereocenters. The second-order valence-electron chi connectivity index (χ2n) is 3.15. The van der Waals surface area contributed by atoms with Crippen LogP contribution in [0.1, 0.15) is 6.92 Å². The molecule has 1 nitrogen and oxygen atoms in total. The van der Waals surface area contributed by atoms with Crippen LogP contribution in [0.5, 0.6) is 0 Å². The molecule has 15 heavy (non-hydrogen) atoms. The molecule has 2 aromatic rings. The number of fused-ring (bicyclic) bond motifs is 1. The molecule has 0 aliphatic carbocycles. The monoisotopic (exact) mass is 385 g/mol. The van der Waals surface area contributed by atoms with E-state index in [-0.39, 0.29) is 4.47 Å². The molecule has 0 amide bonds. The molecule has 0 radical (unpaired) electrons. The molecule has 0 aliphatic heterocycles. The van der Waals surface area contributed by atoms with Gasteiger partial charge in [-0.05, 0) is 51.5 Å². The molecular weight excluding hydrogens is 379 g/mol. The summed E-state index contributed by atoms with van der Waals surface area (Å²) in [5, 5.41) is 0.739. The van der Waals surface area contributed by atoms with Gasteiger partial charge in [-0.25, -0.2) is 8.78 Å². The summed E-state index contributed by atoms with van der Waals surface area (Å²) < 4.78 is 29.8. The Labute approximate surface area is 108 Å². The highest BCUT2D eigenvalue weighted by atomic mass is 127. The van der Waals surface area contributed by atoms with Crippen molar-refractivity contribution in [3.63, 3.8) is 0 Å². The first-order chi connectivity index (χ1) is 7.06. The molecule has 0 fully saturated rings. The lowest BCUT2D eigenvalue weighted by atomic mass is 10.2. The van der Waals surface area contributed by atoms with Crippen LogP contribution in [-0.2, 0) is 6.54 Å². The zero-order valence-electron chi connectivity index (χ0n) is 7.82. The van der Waals surface area contributed by atoms with Gasteiger partial charge in [0.15, 0.2) is 11.6 Å². The van der Waals surface area contributed by atoms with E-state index in [4.69, 9.17) is 0 Å². The topological polar surface area (TPSA) is 4.93 Å². The first kappa shape index (κ1) is 11.3. The van der Waals surface area contributed by atoms with Gasteiger partial charge >= 0.3 is 0 Å². The molecule has 0 aliphatic rings. The first-order valence-corrected chi connectivity index (χ1v) is 6.25. The maximum atomic E-state index is 13.7. The van der Waals surface area contributed by atoms with Crippen LogP contribution < -0.4 is 0 Å². The Bertz CT molecular complexity index is 536. The normalized spacial score (nSPS) is 11.3. The Morgan fingerprint density at radius 2 is 2.07 bits per heavy atom. The van der Waals surface area contributed by atoms with Crippen LogP contribution >= 0.6 is 38.5 Å². The lowest BCUT2D eigenvalue weighted by Crippen LogP contribution is -1.96. The Hall–Kier alpha value is -0.170. The van der Waals surface area contributed by atoms with Crippen LogP contribution in [0.25, 0.3) is 10.9 Å². The van der Waals surface area contributed by atoms with Gasteiger partial charge in [0.05, 0.1) is 9.99 Å². The number of hydrogen-bond acceptors (Lipinski definition) is 0. The molecule has 2 rings (SSSR count). The number of rotatable bonds is 1. The molecule has 0 spiro atoms. The van der Waals surface area contributed by atoms with E-state index in [2.05, 4.69) is 38.5 Å². The molecule has 1 heterocycles. The van der Waals surface area contributed by atoms with Gasteiger partial charge in [0, 0.05) is 21.7 Å². The molecule has 1 aromatic heterocycles. The van der Waals surface area contributed by atoms with Crippen LogP contribution in [0.3, 0.4) is 0 Å². The summed E-state index contributed by atoms with van der Waals surface area (Å²) in [4.78, 5) is 0. The van der Waals surface area contributed by atoms with E-state index in [9.17, 15) is 8.78 Å². The minimum absolute atomic E-state index is 0.166. The smallest absolute Gasteiger partial charge is 0.184 e. The van der Waals surface area contributed by atoms with E-state index in [0.717, 1.165) is 8.96 Å². The minimum atomic E-state index is -0.827. The van der Waals surface area contributed by atoms with E-state index in [0.29, 0.717) is 12.1 Å². The van der Waals surface area contributed by atoms with Crippen LogP contribution in [0, 0.1) is 15.2 Å².